The van der Waals surface area contributed by atoms with Crippen molar-refractivity contribution in [3.8, 4) is 16.9 Å². The lowest BCUT2D eigenvalue weighted by Crippen LogP contribution is -2.13. The van der Waals surface area contributed by atoms with Crippen LogP contribution < -0.4 is 5.56 Å². The zero-order chi connectivity index (χ0) is 23.4. The van der Waals surface area contributed by atoms with Gasteiger partial charge in [-0.15, -0.1) is 5.11 Å². The van der Waals surface area contributed by atoms with Crippen molar-refractivity contribution < 1.29 is 14.5 Å². The molecule has 0 unspecified atom stereocenters. The van der Waals surface area contributed by atoms with Gasteiger partial charge in [0.15, 0.2) is 5.69 Å². The smallest absolute Gasteiger partial charge is 0.337 e. The minimum Gasteiger partial charge on any atom is -0.465 e. The van der Waals surface area contributed by atoms with Crippen molar-refractivity contribution in [2.45, 2.75) is 0 Å². The van der Waals surface area contributed by atoms with Gasteiger partial charge in [-0.05, 0) is 48.5 Å². The van der Waals surface area contributed by atoms with E-state index in [2.05, 4.69) is 20.1 Å². The molecule has 0 atom stereocenters. The average molecular weight is 443 g/mol. The zero-order valence-corrected chi connectivity index (χ0v) is 17.3. The van der Waals surface area contributed by atoms with Gasteiger partial charge < -0.3 is 4.74 Å². The number of rotatable bonds is 6. The molecule has 0 bridgehead atoms. The maximum absolute atomic E-state index is 13.2. The third kappa shape index (κ3) is 4.44. The first-order valence-corrected chi connectivity index (χ1v) is 9.73. The summed E-state index contributed by atoms with van der Waals surface area (Å²) in [4.78, 5) is 35.2. The van der Waals surface area contributed by atoms with Gasteiger partial charge in [0.05, 0.1) is 34.7 Å². The fourth-order valence-electron chi connectivity index (χ4n) is 3.12. The molecule has 4 rings (SSSR count). The average Bonchev–Trinajstić information content (AvgIpc) is 3.19. The first kappa shape index (κ1) is 21.4. The lowest BCUT2D eigenvalue weighted by atomic mass is 10.1. The molecule has 1 heterocycles. The van der Waals surface area contributed by atoms with E-state index < -0.39 is 16.5 Å². The highest BCUT2D eigenvalue weighted by atomic mass is 16.6. The number of ether oxygens (including phenoxy) is 1. The Hall–Kier alpha value is -4.86. The summed E-state index contributed by atoms with van der Waals surface area (Å²) >= 11 is 0. The summed E-state index contributed by atoms with van der Waals surface area (Å²) in [6, 6.07) is 20.9. The monoisotopic (exact) mass is 443 g/mol. The van der Waals surface area contributed by atoms with Crippen LogP contribution in [-0.4, -0.2) is 27.8 Å². The third-order valence-corrected chi connectivity index (χ3v) is 4.80. The minimum absolute atomic E-state index is 0.0322. The van der Waals surface area contributed by atoms with Crippen molar-refractivity contribution in [2.24, 2.45) is 10.2 Å². The number of carbonyl (C=O) groups is 1. The molecule has 1 aromatic heterocycles. The number of hydrogen-bond donors (Lipinski definition) is 1. The van der Waals surface area contributed by atoms with E-state index in [4.69, 9.17) is 0 Å². The number of nitro groups is 1. The molecule has 0 amide bonds. The Morgan fingerprint density at radius 2 is 1.64 bits per heavy atom. The fourth-order valence-corrected chi connectivity index (χ4v) is 3.12. The van der Waals surface area contributed by atoms with Crippen molar-refractivity contribution in [1.82, 2.24) is 9.78 Å². The Bertz CT molecular complexity index is 1390. The highest BCUT2D eigenvalue weighted by Crippen LogP contribution is 2.29. The molecule has 33 heavy (non-hydrogen) atoms. The summed E-state index contributed by atoms with van der Waals surface area (Å²) in [5, 5.41) is 22.3. The quantitative estimate of drug-likeness (QED) is 0.195. The van der Waals surface area contributed by atoms with Crippen LogP contribution in [0, 0.1) is 10.1 Å². The second-order valence-electron chi connectivity index (χ2n) is 6.85. The number of hydrogen-bond acceptors (Lipinski definition) is 7. The van der Waals surface area contributed by atoms with Crippen molar-refractivity contribution in [3.05, 3.63) is 105 Å². The molecule has 10 heteroatoms. The highest BCUT2D eigenvalue weighted by molar-refractivity contribution is 5.89. The van der Waals surface area contributed by atoms with Crippen molar-refractivity contribution >= 4 is 23.0 Å². The van der Waals surface area contributed by atoms with E-state index in [1.54, 1.807) is 36.4 Å². The number of carbonyl (C=O) groups excluding carboxylic acids is 1. The van der Waals surface area contributed by atoms with Crippen LogP contribution in [0.25, 0.3) is 16.9 Å². The molecular formula is C23H17N5O5. The van der Waals surface area contributed by atoms with Gasteiger partial charge in [0, 0.05) is 17.7 Å². The summed E-state index contributed by atoms with van der Waals surface area (Å²) in [5.74, 6) is -0.477. The second-order valence-corrected chi connectivity index (χ2v) is 6.85. The van der Waals surface area contributed by atoms with Gasteiger partial charge in [-0.25, -0.2) is 9.48 Å². The number of benzene rings is 3. The SMILES string of the molecule is COC(=O)c1ccc(N=Nc2c(-c3ccc([N+](=O)[O-])cc3)[nH]n(-c3ccccc3)c2=O)cc1. The third-order valence-electron chi connectivity index (χ3n) is 4.80. The number of para-hydroxylation sites is 1. The molecule has 0 aliphatic rings. The van der Waals surface area contributed by atoms with Gasteiger partial charge in [-0.1, -0.05) is 18.2 Å². The molecule has 0 aliphatic carbocycles. The van der Waals surface area contributed by atoms with Crippen molar-refractivity contribution in [2.75, 3.05) is 7.11 Å². The number of H-pyrrole nitrogens is 1. The fraction of sp³-hybridized carbons (Fsp3) is 0.0435. The minimum atomic E-state index is -0.500. The zero-order valence-electron chi connectivity index (χ0n) is 17.3. The molecule has 0 fully saturated rings. The lowest BCUT2D eigenvalue weighted by molar-refractivity contribution is -0.384. The van der Waals surface area contributed by atoms with Gasteiger partial charge in [-0.2, -0.15) is 5.11 Å². The molecule has 3 aromatic carbocycles. The molecule has 164 valence electrons. The first-order chi connectivity index (χ1) is 16.0. The maximum Gasteiger partial charge on any atom is 0.337 e. The van der Waals surface area contributed by atoms with Gasteiger partial charge in [-0.3, -0.25) is 20.0 Å². The summed E-state index contributed by atoms with van der Waals surface area (Å²) in [5.41, 5.74) is 1.78. The first-order valence-electron chi connectivity index (χ1n) is 9.73. The molecular weight excluding hydrogens is 426 g/mol. The van der Waals surface area contributed by atoms with Crippen LogP contribution in [0.3, 0.4) is 0 Å². The van der Waals surface area contributed by atoms with Gasteiger partial charge in [0.2, 0.25) is 0 Å². The molecule has 0 saturated heterocycles. The van der Waals surface area contributed by atoms with Crippen LogP contribution in [-0.2, 0) is 4.74 Å². The van der Waals surface area contributed by atoms with Gasteiger partial charge in [0.1, 0.15) is 0 Å². The summed E-state index contributed by atoms with van der Waals surface area (Å²) in [6.07, 6.45) is 0. The number of nitro benzene ring substituents is 1. The number of aromatic nitrogens is 2. The summed E-state index contributed by atoms with van der Waals surface area (Å²) < 4.78 is 6.00. The van der Waals surface area contributed by atoms with E-state index >= 15 is 0 Å². The number of aromatic amines is 1. The Balaban J connectivity index is 1.78. The van der Waals surface area contributed by atoms with Crippen LogP contribution in [0.15, 0.2) is 93.9 Å². The number of non-ortho nitro benzene ring substituents is 1. The predicted octanol–water partition coefficient (Wildman–Crippen LogP) is 4.94. The number of azo groups is 1. The molecule has 0 radical (unpaired) electrons. The molecule has 10 nitrogen and oxygen atoms in total. The Morgan fingerprint density at radius 3 is 2.24 bits per heavy atom. The molecule has 0 spiro atoms. The Labute approximate surface area is 186 Å². The largest absolute Gasteiger partial charge is 0.465 e. The van der Waals surface area contributed by atoms with E-state index in [9.17, 15) is 19.7 Å². The van der Waals surface area contributed by atoms with Crippen LogP contribution in [0.4, 0.5) is 17.1 Å². The molecule has 1 N–H and O–H groups in total. The van der Waals surface area contributed by atoms with Gasteiger partial charge in [0.25, 0.3) is 11.2 Å². The lowest BCUT2D eigenvalue weighted by Gasteiger charge is -2.01. The van der Waals surface area contributed by atoms with Crippen molar-refractivity contribution in [3.63, 3.8) is 0 Å². The van der Waals surface area contributed by atoms with E-state index in [1.807, 2.05) is 6.07 Å². The van der Waals surface area contributed by atoms with Crippen LogP contribution >= 0.6 is 0 Å². The Morgan fingerprint density at radius 1 is 0.970 bits per heavy atom. The Kier molecular flexibility index (Phi) is 5.90. The topological polar surface area (TPSA) is 132 Å². The number of esters is 1. The number of methoxy groups -OCH3 is 1. The normalized spacial score (nSPS) is 10.9. The standard InChI is InChI=1S/C23H17N5O5/c1-33-23(30)16-7-11-17(12-8-16)24-25-21-20(15-9-13-19(14-10-15)28(31)32)26-27(22(21)29)18-5-3-2-4-6-18/h2-14,26H,1H3. The van der Waals surface area contributed by atoms with E-state index in [0.717, 1.165) is 0 Å². The van der Waals surface area contributed by atoms with Crippen molar-refractivity contribution in [1.29, 1.82) is 0 Å². The van der Waals surface area contributed by atoms with Crippen LogP contribution in [0.5, 0.6) is 0 Å². The highest BCUT2D eigenvalue weighted by Gasteiger charge is 2.18. The van der Waals surface area contributed by atoms with Crippen LogP contribution in [0.2, 0.25) is 0 Å². The maximum atomic E-state index is 13.2. The molecule has 4 aromatic rings. The summed E-state index contributed by atoms with van der Waals surface area (Å²) in [7, 11) is 1.29. The van der Waals surface area contributed by atoms with Crippen LogP contribution in [0.1, 0.15) is 10.4 Å². The number of nitrogens with one attached hydrogen (secondary N) is 1. The molecule has 0 saturated carbocycles. The van der Waals surface area contributed by atoms with E-state index in [1.165, 1.54) is 48.2 Å². The number of nitrogens with zero attached hydrogens (tertiary/aromatic N) is 4. The second kappa shape index (κ2) is 9.10. The van der Waals surface area contributed by atoms with E-state index in [0.29, 0.717) is 28.2 Å². The van der Waals surface area contributed by atoms with Gasteiger partial charge >= 0.3 is 5.97 Å². The summed E-state index contributed by atoms with van der Waals surface area (Å²) in [6.45, 7) is 0. The predicted molar refractivity (Wildman–Crippen MR) is 120 cm³/mol. The molecule has 0 aliphatic heterocycles. The van der Waals surface area contributed by atoms with E-state index in [-0.39, 0.29) is 11.4 Å².